The smallest absolute Gasteiger partial charge is 0.166 e. The maximum absolute atomic E-state index is 13.5. The Labute approximate surface area is 150 Å². The second-order valence-electron chi connectivity index (χ2n) is 6.00. The zero-order valence-electron chi connectivity index (χ0n) is 14.1. The Bertz CT molecular complexity index is 752. The van der Waals surface area contributed by atoms with Gasteiger partial charge in [-0.1, -0.05) is 18.2 Å². The Kier molecular flexibility index (Phi) is 5.85. The van der Waals surface area contributed by atoms with Gasteiger partial charge in [0.1, 0.15) is 35.3 Å². The molecule has 4 atom stereocenters. The molecule has 2 aromatic rings. The van der Waals surface area contributed by atoms with Crippen molar-refractivity contribution in [3.05, 3.63) is 72.8 Å². The third-order valence-electron chi connectivity index (χ3n) is 4.12. The molecule has 138 valence electrons. The van der Waals surface area contributed by atoms with Crippen LogP contribution in [-0.4, -0.2) is 36.1 Å². The van der Waals surface area contributed by atoms with E-state index in [1.54, 1.807) is 18.2 Å². The van der Waals surface area contributed by atoms with Crippen LogP contribution in [0, 0.1) is 11.6 Å². The molecule has 1 saturated heterocycles. The van der Waals surface area contributed by atoms with Crippen molar-refractivity contribution in [2.45, 2.75) is 30.8 Å². The summed E-state index contributed by atoms with van der Waals surface area (Å²) in [5.41, 5.74) is 0. The Morgan fingerprint density at radius 2 is 1.50 bits per heavy atom. The van der Waals surface area contributed by atoms with E-state index in [9.17, 15) is 13.9 Å². The van der Waals surface area contributed by atoms with E-state index in [1.807, 2.05) is 0 Å². The summed E-state index contributed by atoms with van der Waals surface area (Å²) < 4.78 is 44.6. The quantitative estimate of drug-likeness (QED) is 0.766. The lowest BCUT2D eigenvalue weighted by atomic mass is 10.0. The number of aliphatic hydroxyl groups is 1. The van der Waals surface area contributed by atoms with Crippen molar-refractivity contribution in [2.24, 2.45) is 0 Å². The predicted octanol–water partition coefficient (Wildman–Crippen LogP) is 3.50. The molecule has 2 aromatic carbocycles. The summed E-state index contributed by atoms with van der Waals surface area (Å²) in [7, 11) is 0. The minimum atomic E-state index is -0.699. The van der Waals surface area contributed by atoms with Gasteiger partial charge in [0.25, 0.3) is 0 Å². The molecule has 1 fully saturated rings. The first-order valence-corrected chi connectivity index (χ1v) is 8.32. The summed E-state index contributed by atoms with van der Waals surface area (Å²) in [6.45, 7) is 3.41. The number of rotatable bonds is 7. The Balaban J connectivity index is 1.86. The molecule has 3 rings (SSSR count). The van der Waals surface area contributed by atoms with Gasteiger partial charge in [-0.3, -0.25) is 0 Å². The van der Waals surface area contributed by atoms with E-state index in [-0.39, 0.29) is 6.61 Å². The van der Waals surface area contributed by atoms with Crippen molar-refractivity contribution < 1.29 is 28.1 Å². The first-order chi connectivity index (χ1) is 12.6. The van der Waals surface area contributed by atoms with E-state index >= 15 is 0 Å². The van der Waals surface area contributed by atoms with Gasteiger partial charge < -0.3 is 19.3 Å². The summed E-state index contributed by atoms with van der Waals surface area (Å²) in [5.74, 6) is -0.251. The highest BCUT2D eigenvalue weighted by Crippen LogP contribution is 2.31. The van der Waals surface area contributed by atoms with Gasteiger partial charge in [-0.25, -0.2) is 8.78 Å². The SMILES string of the molecule is C=CCC1OC(CO)C(Oc2cccc(F)c2)C1Oc1cccc(F)c1. The van der Waals surface area contributed by atoms with Crippen molar-refractivity contribution in [2.75, 3.05) is 6.61 Å². The van der Waals surface area contributed by atoms with Crippen LogP contribution in [0.15, 0.2) is 61.2 Å². The minimum absolute atomic E-state index is 0.295. The van der Waals surface area contributed by atoms with Gasteiger partial charge in [-0.15, -0.1) is 6.58 Å². The lowest BCUT2D eigenvalue weighted by Gasteiger charge is -2.25. The van der Waals surface area contributed by atoms with Crippen LogP contribution >= 0.6 is 0 Å². The lowest BCUT2D eigenvalue weighted by Crippen LogP contribution is -2.42. The fourth-order valence-electron chi connectivity index (χ4n) is 2.98. The van der Waals surface area contributed by atoms with Crippen LogP contribution in [0.5, 0.6) is 11.5 Å². The third kappa shape index (κ3) is 4.20. The molecular weight excluding hydrogens is 342 g/mol. The number of halogens is 2. The molecule has 0 spiro atoms. The van der Waals surface area contributed by atoms with Crippen molar-refractivity contribution >= 4 is 0 Å². The highest BCUT2D eigenvalue weighted by atomic mass is 19.1. The Morgan fingerprint density at radius 1 is 0.962 bits per heavy atom. The average molecular weight is 362 g/mol. The van der Waals surface area contributed by atoms with Crippen molar-refractivity contribution in [1.82, 2.24) is 0 Å². The molecule has 1 N–H and O–H groups in total. The molecule has 6 heteroatoms. The molecule has 0 aromatic heterocycles. The van der Waals surface area contributed by atoms with Gasteiger partial charge in [0, 0.05) is 12.1 Å². The molecule has 1 aliphatic rings. The van der Waals surface area contributed by atoms with Crippen LogP contribution in [0.4, 0.5) is 8.78 Å². The van der Waals surface area contributed by atoms with Gasteiger partial charge in [0.2, 0.25) is 0 Å². The van der Waals surface area contributed by atoms with Crippen molar-refractivity contribution in [3.63, 3.8) is 0 Å². The lowest BCUT2D eigenvalue weighted by molar-refractivity contribution is -0.0158. The van der Waals surface area contributed by atoms with Gasteiger partial charge in [0.15, 0.2) is 12.2 Å². The van der Waals surface area contributed by atoms with Crippen LogP contribution in [0.1, 0.15) is 6.42 Å². The number of hydrogen-bond acceptors (Lipinski definition) is 4. The maximum atomic E-state index is 13.5. The highest BCUT2D eigenvalue weighted by molar-refractivity contribution is 5.25. The molecule has 0 aliphatic carbocycles. The monoisotopic (exact) mass is 362 g/mol. The van der Waals surface area contributed by atoms with E-state index in [4.69, 9.17) is 14.2 Å². The van der Waals surface area contributed by atoms with Crippen LogP contribution < -0.4 is 9.47 Å². The zero-order valence-corrected chi connectivity index (χ0v) is 14.1. The van der Waals surface area contributed by atoms with Crippen molar-refractivity contribution in [3.8, 4) is 11.5 Å². The summed E-state index contributed by atoms with van der Waals surface area (Å²) >= 11 is 0. The topological polar surface area (TPSA) is 47.9 Å². The molecule has 26 heavy (non-hydrogen) atoms. The van der Waals surface area contributed by atoms with Gasteiger partial charge in [-0.2, -0.15) is 0 Å². The van der Waals surface area contributed by atoms with E-state index < -0.39 is 36.1 Å². The molecule has 4 nitrogen and oxygen atoms in total. The van der Waals surface area contributed by atoms with Crippen LogP contribution in [0.2, 0.25) is 0 Å². The fourth-order valence-corrected chi connectivity index (χ4v) is 2.98. The van der Waals surface area contributed by atoms with Gasteiger partial charge in [0.05, 0.1) is 6.61 Å². The van der Waals surface area contributed by atoms with Gasteiger partial charge >= 0.3 is 0 Å². The zero-order chi connectivity index (χ0) is 18.5. The first-order valence-electron chi connectivity index (χ1n) is 8.32. The normalized spacial score (nSPS) is 25.0. The summed E-state index contributed by atoms with van der Waals surface area (Å²) in [6, 6.07) is 11.4. The summed E-state index contributed by atoms with van der Waals surface area (Å²) in [5, 5.41) is 9.66. The van der Waals surface area contributed by atoms with Crippen LogP contribution in [-0.2, 0) is 4.74 Å². The molecule has 4 unspecified atom stereocenters. The first kappa shape index (κ1) is 18.4. The molecule has 0 amide bonds. The third-order valence-corrected chi connectivity index (χ3v) is 4.12. The van der Waals surface area contributed by atoms with Crippen LogP contribution in [0.3, 0.4) is 0 Å². The number of aliphatic hydroxyl groups excluding tert-OH is 1. The summed E-state index contributed by atoms with van der Waals surface area (Å²) in [4.78, 5) is 0. The maximum Gasteiger partial charge on any atom is 0.166 e. The molecule has 0 bridgehead atoms. The number of hydrogen-bond donors (Lipinski definition) is 1. The Morgan fingerprint density at radius 3 is 1.96 bits per heavy atom. The number of benzene rings is 2. The van der Waals surface area contributed by atoms with Crippen molar-refractivity contribution in [1.29, 1.82) is 0 Å². The van der Waals surface area contributed by atoms with E-state index in [1.165, 1.54) is 36.4 Å². The molecule has 1 aliphatic heterocycles. The minimum Gasteiger partial charge on any atom is -0.484 e. The fraction of sp³-hybridized carbons (Fsp3) is 0.300. The summed E-state index contributed by atoms with van der Waals surface area (Å²) in [6.07, 6.45) is -0.302. The largest absolute Gasteiger partial charge is 0.484 e. The van der Waals surface area contributed by atoms with E-state index in [0.29, 0.717) is 17.9 Å². The Hall–Kier alpha value is -2.44. The van der Waals surface area contributed by atoms with Crippen LogP contribution in [0.25, 0.3) is 0 Å². The predicted molar refractivity (Wildman–Crippen MR) is 92.2 cm³/mol. The average Bonchev–Trinajstić information content (AvgIpc) is 2.92. The standard InChI is InChI=1S/C20H20F2O4/c1-2-5-17-19(24-15-8-3-6-13(21)10-15)20(18(12-23)26-17)25-16-9-4-7-14(22)11-16/h2-4,6-11,17-20,23H,1,5,12H2. The highest BCUT2D eigenvalue weighted by Gasteiger charge is 2.47. The molecular formula is C20H20F2O4. The van der Waals surface area contributed by atoms with Gasteiger partial charge in [-0.05, 0) is 30.7 Å². The molecule has 0 radical (unpaired) electrons. The van der Waals surface area contributed by atoms with E-state index in [0.717, 1.165) is 0 Å². The molecule has 1 heterocycles. The van der Waals surface area contributed by atoms with E-state index in [2.05, 4.69) is 6.58 Å². The number of ether oxygens (including phenoxy) is 3. The molecule has 0 saturated carbocycles. The second kappa shape index (κ2) is 8.29. The second-order valence-corrected chi connectivity index (χ2v) is 6.00.